The monoisotopic (exact) mass is 512 g/mol. The molecule has 0 saturated heterocycles. The molecule has 4 amide bonds. The highest BCUT2D eigenvalue weighted by molar-refractivity contribution is 6.03. The van der Waals surface area contributed by atoms with Crippen molar-refractivity contribution in [2.45, 2.75) is 32.1 Å². The van der Waals surface area contributed by atoms with Crippen LogP contribution in [0.1, 0.15) is 41.6 Å². The molecule has 0 spiro atoms. The summed E-state index contributed by atoms with van der Waals surface area (Å²) in [6.07, 6.45) is 1.56. The molecule has 0 aliphatic carbocycles. The molecule has 11 heteroatoms. The van der Waals surface area contributed by atoms with Crippen molar-refractivity contribution in [2.24, 2.45) is 0 Å². The lowest BCUT2D eigenvalue weighted by atomic mass is 10.1. The summed E-state index contributed by atoms with van der Waals surface area (Å²) in [5.74, 6) is -1.04. The van der Waals surface area contributed by atoms with Gasteiger partial charge in [0.15, 0.2) is 17.3 Å². The van der Waals surface area contributed by atoms with Crippen LogP contribution in [0.15, 0.2) is 42.5 Å². The van der Waals surface area contributed by atoms with Crippen molar-refractivity contribution in [2.75, 3.05) is 32.1 Å². The van der Waals surface area contributed by atoms with Crippen molar-refractivity contribution in [3.8, 4) is 11.5 Å². The van der Waals surface area contributed by atoms with Crippen LogP contribution >= 0.6 is 0 Å². The molecule has 11 nitrogen and oxygen atoms in total. The quantitative estimate of drug-likeness (QED) is 0.0980. The summed E-state index contributed by atoms with van der Waals surface area (Å²) < 4.78 is 5.03. The van der Waals surface area contributed by atoms with E-state index in [1.165, 1.54) is 13.2 Å². The summed E-state index contributed by atoms with van der Waals surface area (Å²) in [6.45, 7) is 0.858. The predicted molar refractivity (Wildman–Crippen MR) is 136 cm³/mol. The number of benzene rings is 2. The molecule has 0 radical (unpaired) electrons. The molecule has 37 heavy (non-hydrogen) atoms. The van der Waals surface area contributed by atoms with Gasteiger partial charge < -0.3 is 31.1 Å². The Bertz CT molecular complexity index is 1100. The minimum Gasteiger partial charge on any atom is -0.504 e. The molecule has 0 fully saturated rings. The predicted octanol–water partition coefficient (Wildman–Crippen LogP) is 1.30. The number of hydrogen-bond acceptors (Lipinski definition) is 7. The molecular weight excluding hydrogens is 480 g/mol. The Morgan fingerprint density at radius 2 is 1.54 bits per heavy atom. The van der Waals surface area contributed by atoms with Crippen LogP contribution < -0.4 is 26.0 Å². The van der Waals surface area contributed by atoms with Crippen molar-refractivity contribution in [3.63, 3.8) is 0 Å². The van der Waals surface area contributed by atoms with Gasteiger partial charge >= 0.3 is 0 Å². The van der Waals surface area contributed by atoms with Crippen LogP contribution in [0.5, 0.6) is 11.5 Å². The van der Waals surface area contributed by atoms with Gasteiger partial charge in [-0.25, -0.2) is 0 Å². The van der Waals surface area contributed by atoms with Crippen molar-refractivity contribution in [1.29, 1.82) is 0 Å². The van der Waals surface area contributed by atoms with Crippen LogP contribution in [0.2, 0.25) is 0 Å². The summed E-state index contributed by atoms with van der Waals surface area (Å²) in [7, 11) is 1.44. The largest absolute Gasteiger partial charge is 0.504 e. The Balaban J connectivity index is 1.55. The van der Waals surface area contributed by atoms with Crippen LogP contribution in [0.3, 0.4) is 0 Å². The van der Waals surface area contributed by atoms with Crippen molar-refractivity contribution in [1.82, 2.24) is 16.0 Å². The fourth-order valence-electron chi connectivity index (χ4n) is 3.42. The zero-order valence-electron chi connectivity index (χ0n) is 20.7. The summed E-state index contributed by atoms with van der Waals surface area (Å²) in [4.78, 5) is 58.9. The van der Waals surface area contributed by atoms with Gasteiger partial charge in [-0.05, 0) is 42.7 Å². The third-order valence-corrected chi connectivity index (χ3v) is 5.29. The van der Waals surface area contributed by atoms with Gasteiger partial charge in [0.05, 0.1) is 19.2 Å². The summed E-state index contributed by atoms with van der Waals surface area (Å²) in [6, 6.07) is 11.3. The average Bonchev–Trinajstić information content (AvgIpc) is 2.87. The van der Waals surface area contributed by atoms with Gasteiger partial charge in [0, 0.05) is 31.6 Å². The molecule has 198 valence electrons. The zero-order chi connectivity index (χ0) is 27.0. The Morgan fingerprint density at radius 3 is 2.22 bits per heavy atom. The van der Waals surface area contributed by atoms with E-state index in [0.717, 1.165) is 0 Å². The standard InChI is InChI=1S/C26H32N4O7/c1-37-23-14-18(8-9-22(23)33)15-24(34)27-11-4-5-12-28-25(35)16-26(36)29-13-10-21(32)19-6-2-3-7-20(19)30-17-31/h2-3,6-9,14,17,33H,4-5,10-13,15-16H2,1H3,(H,27,34)(H,28,35)(H,29,36)(H,30,31). The average molecular weight is 513 g/mol. The number of unbranched alkanes of at least 4 members (excludes halogenated alkanes) is 1. The van der Waals surface area contributed by atoms with E-state index in [1.807, 2.05) is 0 Å². The van der Waals surface area contributed by atoms with Crippen molar-refractivity contribution in [3.05, 3.63) is 53.6 Å². The van der Waals surface area contributed by atoms with E-state index < -0.39 is 11.8 Å². The lowest BCUT2D eigenvalue weighted by Gasteiger charge is -2.09. The number of nitrogens with one attached hydrogen (secondary N) is 4. The number of carbonyl (C=O) groups is 5. The molecule has 2 rings (SSSR count). The smallest absolute Gasteiger partial charge is 0.229 e. The number of ketones is 1. The third kappa shape index (κ3) is 10.4. The fourth-order valence-corrected chi connectivity index (χ4v) is 3.42. The lowest BCUT2D eigenvalue weighted by Crippen LogP contribution is -2.33. The Labute approximate surface area is 215 Å². The molecular formula is C26H32N4O7. The first-order chi connectivity index (χ1) is 17.8. The second kappa shape index (κ2) is 15.6. The summed E-state index contributed by atoms with van der Waals surface area (Å²) in [5, 5.41) is 20.0. The SMILES string of the molecule is COc1cc(CC(=O)NCCCCNC(=O)CC(=O)NCCC(=O)c2ccccc2NC=O)ccc1O. The number of amides is 4. The van der Waals surface area contributed by atoms with Gasteiger partial charge in [0.25, 0.3) is 0 Å². The summed E-state index contributed by atoms with van der Waals surface area (Å²) in [5.41, 5.74) is 1.45. The van der Waals surface area contributed by atoms with Gasteiger partial charge in [0.2, 0.25) is 24.1 Å². The van der Waals surface area contributed by atoms with E-state index in [4.69, 9.17) is 4.74 Å². The van der Waals surface area contributed by atoms with Crippen molar-refractivity contribution < 1.29 is 33.8 Å². The maximum atomic E-state index is 12.3. The van der Waals surface area contributed by atoms with Gasteiger partial charge in [-0.3, -0.25) is 24.0 Å². The molecule has 0 aromatic heterocycles. The highest BCUT2D eigenvalue weighted by Gasteiger charge is 2.13. The van der Waals surface area contributed by atoms with Crippen LogP contribution in [-0.2, 0) is 25.6 Å². The minimum absolute atomic E-state index is 0.00706. The zero-order valence-corrected chi connectivity index (χ0v) is 20.7. The number of rotatable bonds is 16. The first-order valence-electron chi connectivity index (χ1n) is 11.8. The maximum Gasteiger partial charge on any atom is 0.229 e. The molecule has 5 N–H and O–H groups in total. The van der Waals surface area contributed by atoms with E-state index in [0.29, 0.717) is 54.9 Å². The normalized spacial score (nSPS) is 10.2. The Morgan fingerprint density at radius 1 is 0.892 bits per heavy atom. The van der Waals surface area contributed by atoms with Crippen LogP contribution in [-0.4, -0.2) is 61.8 Å². The van der Waals surface area contributed by atoms with E-state index in [2.05, 4.69) is 21.3 Å². The van der Waals surface area contributed by atoms with E-state index in [1.54, 1.807) is 36.4 Å². The molecule has 0 bridgehead atoms. The Kier molecular flexibility index (Phi) is 12.1. The molecule has 0 aliphatic rings. The summed E-state index contributed by atoms with van der Waals surface area (Å²) >= 11 is 0. The first-order valence-corrected chi connectivity index (χ1v) is 11.8. The molecule has 0 aliphatic heterocycles. The highest BCUT2D eigenvalue weighted by atomic mass is 16.5. The first kappa shape index (κ1) is 28.8. The molecule has 0 unspecified atom stereocenters. The number of phenols is 1. The van der Waals surface area contributed by atoms with Crippen LogP contribution in [0, 0.1) is 0 Å². The molecule has 0 saturated carbocycles. The number of methoxy groups -OCH3 is 1. The number of phenolic OH excluding ortho intramolecular Hbond substituents is 1. The number of carbonyl (C=O) groups excluding carboxylic acids is 5. The lowest BCUT2D eigenvalue weighted by molar-refractivity contribution is -0.129. The molecule has 0 heterocycles. The molecule has 0 atom stereocenters. The second-order valence-electron chi connectivity index (χ2n) is 8.10. The highest BCUT2D eigenvalue weighted by Crippen LogP contribution is 2.26. The number of anilines is 1. The topological polar surface area (TPSA) is 163 Å². The van der Waals surface area contributed by atoms with Gasteiger partial charge in [0.1, 0.15) is 6.42 Å². The van der Waals surface area contributed by atoms with Crippen molar-refractivity contribution >= 4 is 35.6 Å². The number of ether oxygens (including phenoxy) is 1. The minimum atomic E-state index is -0.497. The van der Waals surface area contributed by atoms with E-state index >= 15 is 0 Å². The fraction of sp³-hybridized carbons (Fsp3) is 0.346. The van der Waals surface area contributed by atoms with Gasteiger partial charge in [-0.15, -0.1) is 0 Å². The number of para-hydroxylation sites is 1. The van der Waals surface area contributed by atoms with Crippen LogP contribution in [0.25, 0.3) is 0 Å². The third-order valence-electron chi connectivity index (χ3n) is 5.29. The van der Waals surface area contributed by atoms with E-state index in [-0.39, 0.29) is 43.2 Å². The number of aromatic hydroxyl groups is 1. The molecule has 2 aromatic carbocycles. The Hall–Kier alpha value is -4.41. The maximum absolute atomic E-state index is 12.3. The van der Waals surface area contributed by atoms with E-state index in [9.17, 15) is 29.1 Å². The molecule has 2 aromatic rings. The van der Waals surface area contributed by atoms with Gasteiger partial charge in [-0.2, -0.15) is 0 Å². The second-order valence-corrected chi connectivity index (χ2v) is 8.10. The number of hydrogen-bond donors (Lipinski definition) is 5. The van der Waals surface area contributed by atoms with Gasteiger partial charge in [-0.1, -0.05) is 18.2 Å². The number of Topliss-reactive ketones (excluding diaryl/α,β-unsaturated/α-hetero) is 1. The van der Waals surface area contributed by atoms with Crippen LogP contribution in [0.4, 0.5) is 5.69 Å².